The predicted molar refractivity (Wildman–Crippen MR) is 121 cm³/mol. The Balaban J connectivity index is 1.68. The van der Waals surface area contributed by atoms with Gasteiger partial charge < -0.3 is 4.98 Å². The summed E-state index contributed by atoms with van der Waals surface area (Å²) in [5.74, 6) is -0.532. The van der Waals surface area contributed by atoms with Crippen molar-refractivity contribution in [1.29, 1.82) is 0 Å². The number of imidazole rings is 1. The number of hydrogen-bond acceptors (Lipinski definition) is 2. The topological polar surface area (TPSA) is 54.9 Å². The van der Waals surface area contributed by atoms with Crippen LogP contribution in [0.1, 0.15) is 27.0 Å². The molecule has 0 saturated heterocycles. The average molecular weight is 412 g/mol. The van der Waals surface area contributed by atoms with Gasteiger partial charge in [0.05, 0.1) is 11.4 Å². The summed E-state index contributed by atoms with van der Waals surface area (Å²) in [4.78, 5) is 28.0. The molecule has 1 aromatic heterocycles. The first-order chi connectivity index (χ1) is 14.9. The van der Waals surface area contributed by atoms with E-state index in [1.807, 2.05) is 32.0 Å². The van der Waals surface area contributed by atoms with E-state index in [0.717, 1.165) is 22.4 Å². The van der Waals surface area contributed by atoms with Crippen LogP contribution in [0.2, 0.25) is 0 Å². The maximum atomic E-state index is 13.0. The lowest BCUT2D eigenvalue weighted by atomic mass is 10.0. The maximum Gasteiger partial charge on any atom is 0.330 e. The lowest BCUT2D eigenvalue weighted by Crippen LogP contribution is -2.16. The molecule has 0 unspecified atom stereocenters. The predicted octanol–water partition coefficient (Wildman–Crippen LogP) is 5.48. The zero-order valence-electron chi connectivity index (χ0n) is 17.2. The molecule has 5 heteroatoms. The van der Waals surface area contributed by atoms with Gasteiger partial charge in [-0.15, -0.1) is 0 Å². The molecule has 0 atom stereocenters. The number of aryl methyl sites for hydroxylation is 2. The number of halogens is 1. The van der Waals surface area contributed by atoms with Gasteiger partial charge in [0, 0.05) is 17.3 Å². The Labute approximate surface area is 179 Å². The third-order valence-electron chi connectivity index (χ3n) is 5.27. The van der Waals surface area contributed by atoms with Gasteiger partial charge in [-0.3, -0.25) is 9.36 Å². The smallest absolute Gasteiger partial charge is 0.312 e. The fourth-order valence-electron chi connectivity index (χ4n) is 3.38. The number of aromatic nitrogens is 2. The Morgan fingerprint density at radius 3 is 2.48 bits per heavy atom. The van der Waals surface area contributed by atoms with Crippen molar-refractivity contribution in [2.45, 2.75) is 13.8 Å². The number of aromatic amines is 1. The lowest BCUT2D eigenvalue weighted by molar-refractivity contribution is 0.104. The fourth-order valence-corrected chi connectivity index (χ4v) is 3.38. The molecule has 3 aromatic carbocycles. The molecule has 0 aliphatic carbocycles. The number of rotatable bonds is 5. The van der Waals surface area contributed by atoms with Crippen LogP contribution in [0.25, 0.3) is 23.0 Å². The number of carbonyl (C=O) groups excluding carboxylic acids is 1. The summed E-state index contributed by atoms with van der Waals surface area (Å²) in [5, 5.41) is 0. The van der Waals surface area contributed by atoms with Gasteiger partial charge in [-0.05, 0) is 66.9 Å². The highest BCUT2D eigenvalue weighted by atomic mass is 19.1. The number of benzene rings is 3. The van der Waals surface area contributed by atoms with Gasteiger partial charge in [0.1, 0.15) is 5.82 Å². The Morgan fingerprint density at radius 1 is 0.968 bits per heavy atom. The SMILES string of the molecule is Cc1ccc(-c2c[nH]c(=O)n2-c2cccc(C(=O)C=Cc3ccc(F)cc3)c2)cc1C. The normalized spacial score (nSPS) is 11.2. The van der Waals surface area contributed by atoms with Crippen molar-refractivity contribution in [2.75, 3.05) is 0 Å². The van der Waals surface area contributed by atoms with Crippen molar-refractivity contribution in [3.8, 4) is 16.9 Å². The number of nitrogens with one attached hydrogen (secondary N) is 1. The fraction of sp³-hybridized carbons (Fsp3) is 0.0769. The monoisotopic (exact) mass is 412 g/mol. The van der Waals surface area contributed by atoms with Gasteiger partial charge in [-0.25, -0.2) is 9.18 Å². The van der Waals surface area contributed by atoms with Crippen LogP contribution in [0, 0.1) is 19.7 Å². The van der Waals surface area contributed by atoms with Gasteiger partial charge in [0.2, 0.25) is 0 Å². The van der Waals surface area contributed by atoms with Gasteiger partial charge in [-0.1, -0.05) is 42.5 Å². The average Bonchev–Trinajstić information content (AvgIpc) is 3.16. The largest absolute Gasteiger partial charge is 0.330 e. The zero-order chi connectivity index (χ0) is 22.0. The quantitative estimate of drug-likeness (QED) is 0.348. The highest BCUT2D eigenvalue weighted by molar-refractivity contribution is 6.07. The molecular formula is C26H21FN2O2. The summed E-state index contributed by atoms with van der Waals surface area (Å²) >= 11 is 0. The number of ketones is 1. The molecule has 0 amide bonds. The molecular weight excluding hydrogens is 391 g/mol. The van der Waals surface area contributed by atoms with Gasteiger partial charge in [0.15, 0.2) is 5.78 Å². The molecule has 1 N–H and O–H groups in total. The standard InChI is InChI=1S/C26H21FN2O2/c1-17-6-10-20(14-18(17)2)24-16-28-26(31)29(24)23-5-3-4-21(15-23)25(30)13-9-19-7-11-22(27)12-8-19/h3-16H,1-2H3,(H,28,31). The summed E-state index contributed by atoms with van der Waals surface area (Å²) in [6, 6.07) is 18.9. The number of allylic oxidation sites excluding steroid dienone is 1. The number of carbonyl (C=O) groups is 1. The molecule has 0 fully saturated rings. The zero-order valence-corrected chi connectivity index (χ0v) is 17.2. The molecule has 1 heterocycles. The molecule has 4 rings (SSSR count). The molecule has 0 radical (unpaired) electrons. The van der Waals surface area contributed by atoms with Crippen LogP contribution in [0.15, 0.2) is 83.8 Å². The van der Waals surface area contributed by atoms with Crippen molar-refractivity contribution in [2.24, 2.45) is 0 Å². The summed E-state index contributed by atoms with van der Waals surface area (Å²) < 4.78 is 14.6. The van der Waals surface area contributed by atoms with Crippen molar-refractivity contribution >= 4 is 11.9 Å². The Morgan fingerprint density at radius 2 is 1.74 bits per heavy atom. The Bertz CT molecular complexity index is 1340. The maximum absolute atomic E-state index is 13.0. The Hall–Kier alpha value is -3.99. The first-order valence-electron chi connectivity index (χ1n) is 9.89. The summed E-state index contributed by atoms with van der Waals surface area (Å²) in [6.45, 7) is 4.07. The van der Waals surface area contributed by atoms with E-state index < -0.39 is 0 Å². The van der Waals surface area contributed by atoms with Gasteiger partial charge >= 0.3 is 5.69 Å². The molecule has 4 aromatic rings. The van der Waals surface area contributed by atoms with E-state index in [-0.39, 0.29) is 17.3 Å². The summed E-state index contributed by atoms with van der Waals surface area (Å²) in [7, 11) is 0. The van der Waals surface area contributed by atoms with Crippen LogP contribution < -0.4 is 5.69 Å². The second-order valence-electron chi connectivity index (χ2n) is 7.41. The van der Waals surface area contributed by atoms with E-state index in [2.05, 4.69) is 4.98 Å². The minimum Gasteiger partial charge on any atom is -0.312 e. The van der Waals surface area contributed by atoms with Crippen LogP contribution >= 0.6 is 0 Å². The van der Waals surface area contributed by atoms with Crippen molar-refractivity contribution in [3.05, 3.63) is 118 Å². The van der Waals surface area contributed by atoms with Crippen LogP contribution in [0.4, 0.5) is 4.39 Å². The number of hydrogen-bond donors (Lipinski definition) is 1. The first kappa shape index (κ1) is 20.3. The van der Waals surface area contributed by atoms with Crippen molar-refractivity contribution in [3.63, 3.8) is 0 Å². The lowest BCUT2D eigenvalue weighted by Gasteiger charge is -2.10. The highest BCUT2D eigenvalue weighted by Gasteiger charge is 2.13. The summed E-state index contributed by atoms with van der Waals surface area (Å²) in [5.41, 5.74) is 5.44. The molecule has 31 heavy (non-hydrogen) atoms. The van der Waals surface area contributed by atoms with Crippen molar-refractivity contribution in [1.82, 2.24) is 9.55 Å². The van der Waals surface area contributed by atoms with E-state index in [0.29, 0.717) is 11.3 Å². The third kappa shape index (κ3) is 4.31. The number of nitrogens with zero attached hydrogens (tertiary/aromatic N) is 1. The number of H-pyrrole nitrogens is 1. The minimum absolute atomic E-state index is 0.206. The molecule has 0 aliphatic rings. The Kier molecular flexibility index (Phi) is 5.50. The van der Waals surface area contributed by atoms with Crippen LogP contribution in [-0.4, -0.2) is 15.3 Å². The van der Waals surface area contributed by atoms with E-state index in [1.165, 1.54) is 23.8 Å². The van der Waals surface area contributed by atoms with Crippen LogP contribution in [-0.2, 0) is 0 Å². The van der Waals surface area contributed by atoms with Gasteiger partial charge in [0.25, 0.3) is 0 Å². The molecule has 0 saturated carbocycles. The molecule has 0 spiro atoms. The van der Waals surface area contributed by atoms with Gasteiger partial charge in [-0.2, -0.15) is 0 Å². The third-order valence-corrected chi connectivity index (χ3v) is 5.27. The molecule has 0 aliphatic heterocycles. The molecule has 4 nitrogen and oxygen atoms in total. The molecule has 154 valence electrons. The molecule has 0 bridgehead atoms. The highest BCUT2D eigenvalue weighted by Crippen LogP contribution is 2.24. The first-order valence-corrected chi connectivity index (χ1v) is 9.89. The second-order valence-corrected chi connectivity index (χ2v) is 7.41. The van der Waals surface area contributed by atoms with E-state index in [1.54, 1.807) is 53.2 Å². The van der Waals surface area contributed by atoms with E-state index >= 15 is 0 Å². The summed E-state index contributed by atoms with van der Waals surface area (Å²) in [6.07, 6.45) is 4.75. The van der Waals surface area contributed by atoms with E-state index in [9.17, 15) is 14.0 Å². The van der Waals surface area contributed by atoms with Crippen LogP contribution in [0.5, 0.6) is 0 Å². The van der Waals surface area contributed by atoms with Crippen molar-refractivity contribution < 1.29 is 9.18 Å². The minimum atomic E-state index is -0.326. The van der Waals surface area contributed by atoms with E-state index in [4.69, 9.17) is 0 Å². The second kappa shape index (κ2) is 8.40. The van der Waals surface area contributed by atoms with Crippen LogP contribution in [0.3, 0.4) is 0 Å².